The molecule has 4 heterocycles. The van der Waals surface area contributed by atoms with Crippen molar-refractivity contribution in [1.29, 1.82) is 0 Å². The fraction of sp³-hybridized carbons (Fsp3) is 0.0556. The summed E-state index contributed by atoms with van der Waals surface area (Å²) in [5.41, 5.74) is 2.56. The zero-order chi connectivity index (χ0) is 29.2. The van der Waals surface area contributed by atoms with Crippen molar-refractivity contribution in [2.45, 2.75) is 12.1 Å². The summed E-state index contributed by atoms with van der Waals surface area (Å²) < 4.78 is 3.49. The van der Waals surface area contributed by atoms with Crippen LogP contribution in [0.2, 0.25) is 5.02 Å². The Bertz CT molecular complexity index is 3060. The minimum atomic E-state index is -0.236. The molecule has 0 saturated carbocycles. The minimum Gasteiger partial charge on any atom is -0.283 e. The van der Waals surface area contributed by atoms with Crippen LogP contribution in [-0.2, 0) is 0 Å². The number of rotatable bonds is 0. The normalized spacial score (nSPS) is 18.2. The molecule has 1 aliphatic carbocycles. The van der Waals surface area contributed by atoms with Gasteiger partial charge in [0.15, 0.2) is 0 Å². The molecule has 1 aliphatic heterocycles. The molecule has 0 radical (unpaired) electrons. The van der Waals surface area contributed by atoms with E-state index < -0.39 is 0 Å². The fourth-order valence-corrected chi connectivity index (χ4v) is 8.42. The predicted octanol–water partition coefficient (Wildman–Crippen LogP) is 7.41. The fourth-order valence-electron chi connectivity index (χ4n) is 8.05. The second kappa shape index (κ2) is 7.53. The Balaban J connectivity index is 1.34. The average Bonchev–Trinajstić information content (AvgIpc) is 3.60. The summed E-state index contributed by atoms with van der Waals surface area (Å²) >= 11 is 12.6. The first-order chi connectivity index (χ1) is 21.5. The Hall–Kier alpha value is -5.04. The van der Waals surface area contributed by atoms with Gasteiger partial charge in [-0.15, -0.1) is 0 Å². The van der Waals surface area contributed by atoms with Gasteiger partial charge in [-0.25, -0.2) is 4.98 Å². The van der Waals surface area contributed by atoms with Crippen LogP contribution in [0.25, 0.3) is 81.3 Å². The number of hydrogen-bond donors (Lipinski definition) is 0. The van der Waals surface area contributed by atoms with Crippen LogP contribution in [0.4, 0.5) is 0 Å². The molecule has 0 spiro atoms. The van der Waals surface area contributed by atoms with Crippen LogP contribution in [0.5, 0.6) is 0 Å². The Morgan fingerprint density at radius 3 is 1.98 bits per heavy atom. The second-order valence-electron chi connectivity index (χ2n) is 11.9. The summed E-state index contributed by atoms with van der Waals surface area (Å²) in [5, 5.41) is 12.4. The number of pyridine rings is 2. The van der Waals surface area contributed by atoms with E-state index in [2.05, 4.69) is 30.3 Å². The third-order valence-corrected chi connectivity index (χ3v) is 10.3. The summed E-state index contributed by atoms with van der Waals surface area (Å²) in [6.07, 6.45) is 5.73. The number of benzene rings is 6. The molecule has 3 aromatic heterocycles. The van der Waals surface area contributed by atoms with Gasteiger partial charge in [0.2, 0.25) is 0 Å². The van der Waals surface area contributed by atoms with Gasteiger partial charge in [-0.3, -0.25) is 23.5 Å². The molecule has 9 aromatic rings. The lowest BCUT2D eigenvalue weighted by atomic mass is 9.86. The monoisotopic (exact) mass is 606 g/mol. The Morgan fingerprint density at radius 2 is 1.25 bits per heavy atom. The molecule has 0 N–H and O–H groups in total. The summed E-state index contributed by atoms with van der Waals surface area (Å²) in [6, 6.07) is 21.4. The van der Waals surface area contributed by atoms with Crippen LogP contribution < -0.4 is 16.6 Å². The average molecular weight is 607 g/mol. The Morgan fingerprint density at radius 1 is 0.659 bits per heavy atom. The van der Waals surface area contributed by atoms with Gasteiger partial charge < -0.3 is 0 Å². The molecular weight excluding hydrogens is 591 g/mol. The molecule has 0 bridgehead atoms. The Kier molecular flexibility index (Phi) is 4.01. The summed E-state index contributed by atoms with van der Waals surface area (Å²) in [4.78, 5) is 38.0. The number of nitrogens with zero attached hydrogens (tertiary/aromatic N) is 4. The number of aromatic nitrogens is 3. The zero-order valence-corrected chi connectivity index (χ0v) is 24.1. The van der Waals surface area contributed by atoms with Gasteiger partial charge in [-0.05, 0) is 86.9 Å². The van der Waals surface area contributed by atoms with E-state index in [0.717, 1.165) is 59.4 Å². The molecule has 6 nitrogen and oxygen atoms in total. The smallest absolute Gasteiger partial charge is 0.264 e. The maximum absolute atomic E-state index is 14.1. The highest BCUT2D eigenvalue weighted by molar-refractivity contribution is 6.40. The highest BCUT2D eigenvalue weighted by atomic mass is 35.5. The standard InChI is InChI=1S/C36H16Cl2N4O2/c37-15-2-12-27-26(13-15)40-34-22-8-4-18-17-3-7-21-31-24(36(44)42-28-14-16(38)1-11-25(28)39-33(21)42)10-6-20(29(17)31)19-5-9-23(32(22)30(18)19)35(43)41(27)34/h1-14,25,28H. The van der Waals surface area contributed by atoms with E-state index in [1.54, 1.807) is 21.1 Å². The van der Waals surface area contributed by atoms with Crippen LogP contribution in [0.1, 0.15) is 6.04 Å². The zero-order valence-electron chi connectivity index (χ0n) is 22.6. The highest BCUT2D eigenvalue weighted by Gasteiger charge is 2.31. The molecule has 0 fully saturated rings. The number of halogens is 2. The Labute approximate surface area is 256 Å². The molecule has 8 heteroatoms. The first-order valence-electron chi connectivity index (χ1n) is 14.4. The molecule has 2 aliphatic rings. The molecule has 11 rings (SSSR count). The topological polar surface area (TPSA) is 68.7 Å². The number of fused-ring (bicyclic) bond motifs is 10. The number of allylic oxidation sites excluding steroid dienone is 2. The number of imidazole rings is 1. The van der Waals surface area contributed by atoms with Crippen molar-refractivity contribution in [2.24, 2.45) is 4.99 Å². The van der Waals surface area contributed by atoms with E-state index in [1.807, 2.05) is 42.5 Å². The molecular formula is C36H16Cl2N4O2. The van der Waals surface area contributed by atoms with Crippen molar-refractivity contribution in [3.8, 4) is 0 Å². The quantitative estimate of drug-likeness (QED) is 0.133. The van der Waals surface area contributed by atoms with Crippen LogP contribution in [0, 0.1) is 0 Å². The van der Waals surface area contributed by atoms with E-state index in [0.29, 0.717) is 37.5 Å². The lowest BCUT2D eigenvalue weighted by molar-refractivity contribution is 0.576. The van der Waals surface area contributed by atoms with E-state index >= 15 is 0 Å². The largest absolute Gasteiger partial charge is 0.283 e. The van der Waals surface area contributed by atoms with Crippen molar-refractivity contribution in [3.05, 3.63) is 121 Å². The predicted molar refractivity (Wildman–Crippen MR) is 178 cm³/mol. The van der Waals surface area contributed by atoms with Gasteiger partial charge in [-0.1, -0.05) is 53.5 Å². The van der Waals surface area contributed by atoms with Crippen LogP contribution in [0.3, 0.4) is 0 Å². The van der Waals surface area contributed by atoms with Crippen molar-refractivity contribution in [3.63, 3.8) is 0 Å². The minimum absolute atomic E-state index is 0.0656. The van der Waals surface area contributed by atoms with Crippen LogP contribution in [-0.4, -0.2) is 20.0 Å². The van der Waals surface area contributed by atoms with Gasteiger partial charge in [0, 0.05) is 42.4 Å². The van der Waals surface area contributed by atoms with E-state index in [-0.39, 0.29) is 23.2 Å². The SMILES string of the molecule is O=c1c2ccc3c4ccc5c(=O)n6c7ccc(Cl)cc7nc6c6ccc(c7ccc(c8n1C1C=C(Cl)C=CC1N=8)c2c37)c4c56. The summed E-state index contributed by atoms with van der Waals surface area (Å²) in [5.74, 6) is 0. The maximum atomic E-state index is 14.1. The van der Waals surface area contributed by atoms with Crippen molar-refractivity contribution in [2.75, 3.05) is 0 Å². The first-order valence-corrected chi connectivity index (χ1v) is 15.1. The van der Waals surface area contributed by atoms with Gasteiger partial charge in [0.05, 0.1) is 23.1 Å². The maximum Gasteiger partial charge on any atom is 0.264 e. The highest BCUT2D eigenvalue weighted by Crippen LogP contribution is 2.45. The van der Waals surface area contributed by atoms with E-state index in [9.17, 15) is 9.59 Å². The molecule has 2 atom stereocenters. The summed E-state index contributed by atoms with van der Waals surface area (Å²) in [7, 11) is 0. The summed E-state index contributed by atoms with van der Waals surface area (Å²) in [6.45, 7) is 0. The molecule has 206 valence electrons. The van der Waals surface area contributed by atoms with Gasteiger partial charge in [0.25, 0.3) is 11.1 Å². The molecule has 0 amide bonds. The van der Waals surface area contributed by atoms with Gasteiger partial charge >= 0.3 is 0 Å². The lowest BCUT2D eigenvalue weighted by Crippen LogP contribution is -2.34. The third kappa shape index (κ3) is 2.55. The molecule has 2 unspecified atom stereocenters. The van der Waals surface area contributed by atoms with Gasteiger partial charge in [-0.2, -0.15) is 0 Å². The molecule has 44 heavy (non-hydrogen) atoms. The van der Waals surface area contributed by atoms with Crippen LogP contribution in [0.15, 0.2) is 105 Å². The van der Waals surface area contributed by atoms with Crippen molar-refractivity contribution in [1.82, 2.24) is 14.0 Å². The first kappa shape index (κ1) is 23.4. The van der Waals surface area contributed by atoms with Crippen LogP contribution >= 0.6 is 23.2 Å². The third-order valence-electron chi connectivity index (χ3n) is 9.81. The van der Waals surface area contributed by atoms with Gasteiger partial charge in [0.1, 0.15) is 11.1 Å². The van der Waals surface area contributed by atoms with E-state index in [4.69, 9.17) is 33.2 Å². The molecule has 6 aromatic carbocycles. The van der Waals surface area contributed by atoms with E-state index in [1.165, 1.54) is 0 Å². The molecule has 0 saturated heterocycles. The lowest BCUT2D eigenvalue weighted by Gasteiger charge is -2.20. The van der Waals surface area contributed by atoms with Crippen molar-refractivity contribution >= 4 is 105 Å². The van der Waals surface area contributed by atoms with Crippen molar-refractivity contribution < 1.29 is 0 Å². The second-order valence-corrected chi connectivity index (χ2v) is 12.7. The number of hydrogen-bond acceptors (Lipinski definition) is 4.